The Labute approximate surface area is 123 Å². The SMILES string of the molecule is CC(C)S(=O)(=O)NC[C@@H]1CCCN([C@H]2C=CCCC2)C1. The van der Waals surface area contributed by atoms with Gasteiger partial charge in [0.1, 0.15) is 0 Å². The minimum atomic E-state index is -3.12. The topological polar surface area (TPSA) is 49.4 Å². The van der Waals surface area contributed by atoms with Gasteiger partial charge in [0.25, 0.3) is 0 Å². The molecule has 0 spiro atoms. The first kappa shape index (κ1) is 16.0. The van der Waals surface area contributed by atoms with Crippen molar-refractivity contribution in [2.45, 2.75) is 57.2 Å². The number of hydrogen-bond donors (Lipinski definition) is 1. The van der Waals surface area contributed by atoms with Gasteiger partial charge in [0.2, 0.25) is 10.0 Å². The van der Waals surface area contributed by atoms with Crippen LogP contribution in [0.2, 0.25) is 0 Å². The molecule has 1 aliphatic carbocycles. The molecule has 0 amide bonds. The first-order valence-electron chi connectivity index (χ1n) is 7.88. The van der Waals surface area contributed by atoms with Crippen LogP contribution < -0.4 is 4.72 Å². The lowest BCUT2D eigenvalue weighted by molar-refractivity contribution is 0.137. The molecule has 4 nitrogen and oxygen atoms in total. The van der Waals surface area contributed by atoms with Crippen LogP contribution in [-0.4, -0.2) is 44.2 Å². The van der Waals surface area contributed by atoms with E-state index in [4.69, 9.17) is 0 Å². The first-order chi connectivity index (χ1) is 9.49. The molecule has 0 aromatic rings. The Morgan fingerprint density at radius 3 is 2.75 bits per heavy atom. The van der Waals surface area contributed by atoms with E-state index in [1.54, 1.807) is 13.8 Å². The van der Waals surface area contributed by atoms with E-state index in [9.17, 15) is 8.42 Å². The molecule has 0 unspecified atom stereocenters. The van der Waals surface area contributed by atoms with E-state index in [0.717, 1.165) is 19.5 Å². The number of nitrogens with one attached hydrogen (secondary N) is 1. The molecular formula is C15H28N2O2S. The van der Waals surface area contributed by atoms with Gasteiger partial charge in [0.15, 0.2) is 0 Å². The zero-order chi connectivity index (χ0) is 14.6. The second kappa shape index (κ2) is 7.05. The third kappa shape index (κ3) is 4.30. The van der Waals surface area contributed by atoms with Crippen LogP contribution in [0.15, 0.2) is 12.2 Å². The molecular weight excluding hydrogens is 272 g/mol. The maximum atomic E-state index is 11.8. The first-order valence-corrected chi connectivity index (χ1v) is 9.43. The number of nitrogens with zero attached hydrogens (tertiary/aromatic N) is 1. The van der Waals surface area contributed by atoms with Crippen LogP contribution in [-0.2, 0) is 10.0 Å². The molecule has 1 aliphatic heterocycles. The van der Waals surface area contributed by atoms with Gasteiger partial charge in [0.05, 0.1) is 5.25 Å². The summed E-state index contributed by atoms with van der Waals surface area (Å²) in [5, 5.41) is -0.344. The second-order valence-electron chi connectivity index (χ2n) is 6.37. The third-order valence-electron chi connectivity index (χ3n) is 4.44. The fourth-order valence-corrected chi connectivity index (χ4v) is 3.87. The van der Waals surface area contributed by atoms with Gasteiger partial charge >= 0.3 is 0 Å². The second-order valence-corrected chi connectivity index (χ2v) is 8.69. The van der Waals surface area contributed by atoms with Gasteiger partial charge in [-0.1, -0.05) is 12.2 Å². The van der Waals surface area contributed by atoms with Crippen molar-refractivity contribution in [2.24, 2.45) is 5.92 Å². The summed E-state index contributed by atoms with van der Waals surface area (Å²) in [6.07, 6.45) is 10.7. The van der Waals surface area contributed by atoms with Crippen molar-refractivity contribution in [1.29, 1.82) is 0 Å². The number of likely N-dealkylation sites (tertiary alicyclic amines) is 1. The van der Waals surface area contributed by atoms with E-state index in [2.05, 4.69) is 21.8 Å². The third-order valence-corrected chi connectivity index (χ3v) is 6.25. The Hall–Kier alpha value is -0.390. The van der Waals surface area contributed by atoms with Crippen molar-refractivity contribution in [3.05, 3.63) is 12.2 Å². The highest BCUT2D eigenvalue weighted by Gasteiger charge is 2.26. The highest BCUT2D eigenvalue weighted by Crippen LogP contribution is 2.23. The standard InChI is InChI=1S/C15H28N2O2S/c1-13(2)20(18,19)16-11-14-7-6-10-17(12-14)15-8-4-3-5-9-15/h4,8,13-16H,3,5-7,9-12H2,1-2H3/t14-,15-/m0/s1. The van der Waals surface area contributed by atoms with Crippen molar-refractivity contribution in [3.63, 3.8) is 0 Å². The molecule has 0 radical (unpaired) electrons. The van der Waals surface area contributed by atoms with Gasteiger partial charge in [-0.05, 0) is 58.4 Å². The summed E-state index contributed by atoms with van der Waals surface area (Å²) in [4.78, 5) is 2.54. The Kier molecular flexibility index (Phi) is 5.64. The van der Waals surface area contributed by atoms with Gasteiger partial charge < -0.3 is 0 Å². The molecule has 0 bridgehead atoms. The molecule has 0 aromatic carbocycles. The zero-order valence-corrected chi connectivity index (χ0v) is 13.5. The van der Waals surface area contributed by atoms with Gasteiger partial charge in [-0.3, -0.25) is 4.90 Å². The van der Waals surface area contributed by atoms with Gasteiger partial charge in [-0.25, -0.2) is 13.1 Å². The van der Waals surface area contributed by atoms with Crippen molar-refractivity contribution < 1.29 is 8.42 Å². The smallest absolute Gasteiger partial charge is 0.213 e. The van der Waals surface area contributed by atoms with Gasteiger partial charge in [0, 0.05) is 19.1 Å². The summed E-state index contributed by atoms with van der Waals surface area (Å²) in [6, 6.07) is 0.577. The molecule has 1 heterocycles. The van der Waals surface area contributed by atoms with Gasteiger partial charge in [-0.15, -0.1) is 0 Å². The highest BCUT2D eigenvalue weighted by molar-refractivity contribution is 7.90. The monoisotopic (exact) mass is 300 g/mol. The van der Waals surface area contributed by atoms with E-state index in [1.165, 1.54) is 25.7 Å². The minimum Gasteiger partial charge on any atom is -0.297 e. The van der Waals surface area contributed by atoms with Crippen molar-refractivity contribution in [3.8, 4) is 0 Å². The molecule has 5 heteroatoms. The molecule has 20 heavy (non-hydrogen) atoms. The van der Waals surface area contributed by atoms with Crippen molar-refractivity contribution >= 4 is 10.0 Å². The largest absolute Gasteiger partial charge is 0.297 e. The van der Waals surface area contributed by atoms with E-state index in [-0.39, 0.29) is 5.25 Å². The van der Waals surface area contributed by atoms with E-state index in [1.807, 2.05) is 0 Å². The highest BCUT2D eigenvalue weighted by atomic mass is 32.2. The molecule has 116 valence electrons. The summed E-state index contributed by atoms with van der Waals surface area (Å²) in [6.45, 7) is 6.22. The van der Waals surface area contributed by atoms with Crippen LogP contribution in [0.3, 0.4) is 0 Å². The van der Waals surface area contributed by atoms with Crippen LogP contribution in [0.1, 0.15) is 46.0 Å². The summed E-state index contributed by atoms with van der Waals surface area (Å²) in [7, 11) is -3.12. The Bertz CT molecular complexity index is 431. The fraction of sp³-hybridized carbons (Fsp3) is 0.867. The quantitative estimate of drug-likeness (QED) is 0.791. The zero-order valence-electron chi connectivity index (χ0n) is 12.7. The molecule has 1 fully saturated rings. The van der Waals surface area contributed by atoms with Crippen LogP contribution in [0.5, 0.6) is 0 Å². The van der Waals surface area contributed by atoms with Gasteiger partial charge in [-0.2, -0.15) is 0 Å². The predicted molar refractivity (Wildman–Crippen MR) is 83.1 cm³/mol. The predicted octanol–water partition coefficient (Wildman–Crippen LogP) is 2.13. The maximum Gasteiger partial charge on any atom is 0.213 e. The van der Waals surface area contributed by atoms with Crippen LogP contribution in [0, 0.1) is 5.92 Å². The number of allylic oxidation sites excluding steroid dienone is 1. The van der Waals surface area contributed by atoms with Crippen molar-refractivity contribution in [1.82, 2.24) is 9.62 Å². The molecule has 1 N–H and O–H groups in total. The maximum absolute atomic E-state index is 11.8. The summed E-state index contributed by atoms with van der Waals surface area (Å²) in [5.74, 6) is 0.451. The average molecular weight is 300 g/mol. The Morgan fingerprint density at radius 2 is 2.10 bits per heavy atom. The van der Waals surface area contributed by atoms with Crippen LogP contribution in [0.25, 0.3) is 0 Å². The molecule has 2 aliphatic rings. The normalized spacial score (nSPS) is 28.9. The lowest BCUT2D eigenvalue weighted by Gasteiger charge is -2.38. The van der Waals surface area contributed by atoms with E-state index >= 15 is 0 Å². The van der Waals surface area contributed by atoms with E-state index in [0.29, 0.717) is 18.5 Å². The summed E-state index contributed by atoms with van der Waals surface area (Å²) < 4.78 is 26.4. The lowest BCUT2D eigenvalue weighted by atomic mass is 9.94. The minimum absolute atomic E-state index is 0.344. The molecule has 0 aromatic heterocycles. The number of piperidine rings is 1. The van der Waals surface area contributed by atoms with E-state index < -0.39 is 10.0 Å². The number of rotatable bonds is 5. The van der Waals surface area contributed by atoms with Crippen LogP contribution in [0.4, 0.5) is 0 Å². The average Bonchev–Trinajstić information content (AvgIpc) is 2.46. The Morgan fingerprint density at radius 1 is 1.30 bits per heavy atom. The summed E-state index contributed by atoms with van der Waals surface area (Å²) in [5.41, 5.74) is 0. The molecule has 2 rings (SSSR count). The molecule has 2 atom stereocenters. The fourth-order valence-electron chi connectivity index (χ4n) is 3.06. The number of hydrogen-bond acceptors (Lipinski definition) is 3. The Balaban J connectivity index is 1.84. The van der Waals surface area contributed by atoms with Crippen molar-refractivity contribution in [2.75, 3.05) is 19.6 Å². The number of sulfonamides is 1. The van der Waals surface area contributed by atoms with Crippen LogP contribution >= 0.6 is 0 Å². The lowest BCUT2D eigenvalue weighted by Crippen LogP contribution is -2.46. The molecule has 1 saturated heterocycles. The summed E-state index contributed by atoms with van der Waals surface area (Å²) >= 11 is 0. The molecule has 0 saturated carbocycles.